The lowest BCUT2D eigenvalue weighted by Gasteiger charge is -2.10. The fourth-order valence-corrected chi connectivity index (χ4v) is 3.36. The van der Waals surface area contributed by atoms with Gasteiger partial charge < -0.3 is 0 Å². The van der Waals surface area contributed by atoms with Crippen LogP contribution in [0.1, 0.15) is 15.9 Å². The van der Waals surface area contributed by atoms with Crippen LogP contribution in [-0.4, -0.2) is 11.1 Å². The lowest BCUT2D eigenvalue weighted by Crippen LogP contribution is -2.19. The molecule has 4 heteroatoms. The number of nitrogens with one attached hydrogen (secondary N) is 1. The van der Waals surface area contributed by atoms with Crippen molar-refractivity contribution in [3.05, 3.63) is 70.4 Å². The van der Waals surface area contributed by atoms with Crippen molar-refractivity contribution in [2.24, 2.45) is 0 Å². The minimum Gasteiger partial charge on any atom is -0.288 e. The van der Waals surface area contributed by atoms with Crippen LogP contribution in [0, 0.1) is 6.92 Å². The normalized spacial score (nSPS) is 10.5. The molecule has 3 rings (SSSR count). The second kappa shape index (κ2) is 6.13. The molecule has 2 aromatic carbocycles. The predicted molar refractivity (Wildman–Crippen MR) is 89.2 cm³/mol. The van der Waals surface area contributed by atoms with Crippen molar-refractivity contribution >= 4 is 17.2 Å². The number of carbonyl (C=O) groups is 1. The second-order valence-corrected chi connectivity index (χ2v) is 5.78. The van der Waals surface area contributed by atoms with E-state index in [9.17, 15) is 4.79 Å². The van der Waals surface area contributed by atoms with Crippen LogP contribution in [0.15, 0.2) is 59.3 Å². The van der Waals surface area contributed by atoms with Gasteiger partial charge in [0.2, 0.25) is 0 Å². The molecule has 0 atom stereocenters. The standard InChI is InChI=1S/C18H15NO2S/c1-12-10-22-11-17(12)14-6-4-5-13(9-14)15-7-2-3-8-16(15)18(20)19-21/h2-11,21H,1H3,(H,19,20). The highest BCUT2D eigenvalue weighted by Gasteiger charge is 2.12. The van der Waals surface area contributed by atoms with Gasteiger partial charge in [0.25, 0.3) is 5.91 Å². The van der Waals surface area contributed by atoms with Gasteiger partial charge in [-0.2, -0.15) is 11.3 Å². The summed E-state index contributed by atoms with van der Waals surface area (Å²) in [6, 6.07) is 15.3. The Morgan fingerprint density at radius 1 is 1.00 bits per heavy atom. The van der Waals surface area contributed by atoms with E-state index in [1.807, 2.05) is 24.3 Å². The van der Waals surface area contributed by atoms with E-state index in [1.165, 1.54) is 11.1 Å². The summed E-state index contributed by atoms with van der Waals surface area (Å²) in [6.45, 7) is 2.09. The Labute approximate surface area is 132 Å². The molecule has 0 aliphatic carbocycles. The lowest BCUT2D eigenvalue weighted by atomic mass is 9.95. The summed E-state index contributed by atoms with van der Waals surface area (Å²) >= 11 is 1.68. The van der Waals surface area contributed by atoms with Crippen molar-refractivity contribution in [1.29, 1.82) is 0 Å². The molecule has 0 fully saturated rings. The van der Waals surface area contributed by atoms with Gasteiger partial charge >= 0.3 is 0 Å². The molecule has 0 radical (unpaired) electrons. The molecule has 0 aliphatic rings. The zero-order chi connectivity index (χ0) is 15.5. The number of hydrogen-bond donors (Lipinski definition) is 2. The number of amides is 1. The molecular formula is C18H15NO2S. The summed E-state index contributed by atoms with van der Waals surface area (Å²) in [5.41, 5.74) is 7.46. The topological polar surface area (TPSA) is 49.3 Å². The highest BCUT2D eigenvalue weighted by Crippen LogP contribution is 2.31. The van der Waals surface area contributed by atoms with Gasteiger partial charge in [0.15, 0.2) is 0 Å². The van der Waals surface area contributed by atoms with Gasteiger partial charge in [0.1, 0.15) is 0 Å². The van der Waals surface area contributed by atoms with Gasteiger partial charge in [-0.25, -0.2) is 5.48 Å². The van der Waals surface area contributed by atoms with Crippen LogP contribution < -0.4 is 5.48 Å². The van der Waals surface area contributed by atoms with Gasteiger partial charge in [-0.15, -0.1) is 0 Å². The molecule has 110 valence electrons. The van der Waals surface area contributed by atoms with Crippen LogP contribution in [0.4, 0.5) is 0 Å². The van der Waals surface area contributed by atoms with Crippen LogP contribution in [0.25, 0.3) is 22.3 Å². The molecule has 22 heavy (non-hydrogen) atoms. The SMILES string of the molecule is Cc1cscc1-c1cccc(-c2ccccc2C(=O)NO)c1. The first-order chi connectivity index (χ1) is 10.7. The van der Waals surface area contributed by atoms with Gasteiger partial charge in [-0.1, -0.05) is 36.4 Å². The number of thiophene rings is 1. The molecule has 2 N–H and O–H groups in total. The van der Waals surface area contributed by atoms with Crippen LogP contribution >= 0.6 is 11.3 Å². The molecule has 0 aliphatic heterocycles. The summed E-state index contributed by atoms with van der Waals surface area (Å²) in [4.78, 5) is 11.8. The van der Waals surface area contributed by atoms with Gasteiger partial charge in [-0.3, -0.25) is 10.0 Å². The number of benzene rings is 2. The summed E-state index contributed by atoms with van der Waals surface area (Å²) in [7, 11) is 0. The quantitative estimate of drug-likeness (QED) is 0.552. The maximum absolute atomic E-state index is 11.8. The van der Waals surface area contributed by atoms with E-state index in [-0.39, 0.29) is 0 Å². The molecule has 0 spiro atoms. The Morgan fingerprint density at radius 3 is 2.41 bits per heavy atom. The number of carbonyl (C=O) groups excluding carboxylic acids is 1. The van der Waals surface area contributed by atoms with E-state index in [2.05, 4.69) is 29.8 Å². The molecular weight excluding hydrogens is 294 g/mol. The molecule has 3 aromatic rings. The Balaban J connectivity index is 2.11. The highest BCUT2D eigenvalue weighted by atomic mass is 32.1. The van der Waals surface area contributed by atoms with E-state index in [1.54, 1.807) is 28.9 Å². The highest BCUT2D eigenvalue weighted by molar-refractivity contribution is 7.08. The lowest BCUT2D eigenvalue weighted by molar-refractivity contribution is 0.0707. The average Bonchev–Trinajstić information content (AvgIpc) is 3.00. The van der Waals surface area contributed by atoms with Crippen molar-refractivity contribution in [2.75, 3.05) is 0 Å². The van der Waals surface area contributed by atoms with E-state index >= 15 is 0 Å². The first kappa shape index (κ1) is 14.5. The number of rotatable bonds is 3. The summed E-state index contributed by atoms with van der Waals surface area (Å²) in [5, 5.41) is 13.1. The number of hydroxylamine groups is 1. The molecule has 0 saturated heterocycles. The third-order valence-electron chi connectivity index (χ3n) is 3.61. The molecule has 0 unspecified atom stereocenters. The van der Waals surface area contributed by atoms with Crippen LogP contribution in [0.5, 0.6) is 0 Å². The Morgan fingerprint density at radius 2 is 1.73 bits per heavy atom. The van der Waals surface area contributed by atoms with Gasteiger partial charge in [0.05, 0.1) is 0 Å². The Kier molecular flexibility index (Phi) is 4.04. The summed E-state index contributed by atoms with van der Waals surface area (Å²) < 4.78 is 0. The minimum atomic E-state index is -0.507. The summed E-state index contributed by atoms with van der Waals surface area (Å²) in [6.07, 6.45) is 0. The Hall–Kier alpha value is -2.43. The van der Waals surface area contributed by atoms with Crippen molar-refractivity contribution in [3.8, 4) is 22.3 Å². The van der Waals surface area contributed by atoms with E-state index in [0.29, 0.717) is 5.56 Å². The van der Waals surface area contributed by atoms with Crippen LogP contribution in [-0.2, 0) is 0 Å². The molecule has 3 nitrogen and oxygen atoms in total. The van der Waals surface area contributed by atoms with E-state index in [4.69, 9.17) is 5.21 Å². The minimum absolute atomic E-state index is 0.448. The third-order valence-corrected chi connectivity index (χ3v) is 4.47. The number of aryl methyl sites for hydroxylation is 1. The maximum Gasteiger partial charge on any atom is 0.275 e. The first-order valence-electron chi connectivity index (χ1n) is 6.88. The van der Waals surface area contributed by atoms with Gasteiger partial charge in [0, 0.05) is 5.56 Å². The molecule has 1 heterocycles. The van der Waals surface area contributed by atoms with Crippen molar-refractivity contribution in [3.63, 3.8) is 0 Å². The Bertz CT molecular complexity index is 823. The zero-order valence-electron chi connectivity index (χ0n) is 12.0. The first-order valence-corrected chi connectivity index (χ1v) is 7.82. The monoisotopic (exact) mass is 309 g/mol. The third kappa shape index (κ3) is 2.66. The van der Waals surface area contributed by atoms with Gasteiger partial charge in [-0.05, 0) is 57.6 Å². The largest absolute Gasteiger partial charge is 0.288 e. The number of hydrogen-bond acceptors (Lipinski definition) is 3. The van der Waals surface area contributed by atoms with E-state index in [0.717, 1.165) is 16.7 Å². The van der Waals surface area contributed by atoms with E-state index < -0.39 is 5.91 Å². The smallest absolute Gasteiger partial charge is 0.275 e. The average molecular weight is 309 g/mol. The molecule has 1 amide bonds. The predicted octanol–water partition coefficient (Wildman–Crippen LogP) is 4.51. The van der Waals surface area contributed by atoms with Crippen LogP contribution in [0.2, 0.25) is 0 Å². The fraction of sp³-hybridized carbons (Fsp3) is 0.0556. The second-order valence-electron chi connectivity index (χ2n) is 5.04. The van der Waals surface area contributed by atoms with Crippen molar-refractivity contribution in [2.45, 2.75) is 6.92 Å². The fourth-order valence-electron chi connectivity index (χ4n) is 2.50. The molecule has 0 saturated carbocycles. The molecule has 1 aromatic heterocycles. The van der Waals surface area contributed by atoms with Crippen molar-refractivity contribution in [1.82, 2.24) is 5.48 Å². The zero-order valence-corrected chi connectivity index (χ0v) is 12.9. The van der Waals surface area contributed by atoms with Crippen LogP contribution in [0.3, 0.4) is 0 Å². The van der Waals surface area contributed by atoms with Crippen molar-refractivity contribution < 1.29 is 10.0 Å². The maximum atomic E-state index is 11.8. The molecule has 0 bridgehead atoms. The summed E-state index contributed by atoms with van der Waals surface area (Å²) in [5.74, 6) is -0.507.